The lowest BCUT2D eigenvalue weighted by Gasteiger charge is -2.33. The zero-order valence-electron chi connectivity index (χ0n) is 24.0. The molecule has 0 heterocycles. The molecule has 0 saturated heterocycles. The van der Waals surface area contributed by atoms with Crippen molar-refractivity contribution in [1.29, 1.82) is 0 Å². The van der Waals surface area contributed by atoms with Gasteiger partial charge in [-0.3, -0.25) is 13.9 Å². The van der Waals surface area contributed by atoms with Crippen LogP contribution in [0.25, 0.3) is 0 Å². The van der Waals surface area contributed by atoms with Crippen molar-refractivity contribution in [1.82, 2.24) is 10.2 Å². The number of para-hydroxylation sites is 1. The van der Waals surface area contributed by atoms with Crippen LogP contribution in [0.4, 0.5) is 5.69 Å². The topological polar surface area (TPSA) is 114 Å². The molecule has 0 saturated carbocycles. The zero-order valence-corrected chi connectivity index (χ0v) is 24.8. The molecule has 0 bridgehead atoms. The fourth-order valence-electron chi connectivity index (χ4n) is 4.41. The molecular weight excluding hydrogens is 546 g/mol. The van der Waals surface area contributed by atoms with E-state index >= 15 is 0 Å². The molecule has 0 aliphatic carbocycles. The Morgan fingerprint density at radius 3 is 2.17 bits per heavy atom. The number of nitrogens with zero attached hydrogens (tertiary/aromatic N) is 2. The number of sulfonamides is 1. The summed E-state index contributed by atoms with van der Waals surface area (Å²) in [4.78, 5) is 28.4. The minimum atomic E-state index is -4.26. The number of benzene rings is 3. The molecule has 0 spiro atoms. The molecule has 3 aromatic carbocycles. The number of carbonyl (C=O) groups excluding carboxylic acids is 2. The van der Waals surface area contributed by atoms with Crippen LogP contribution in [0.1, 0.15) is 25.8 Å². The number of nitrogens with one attached hydrogen (secondary N) is 1. The maximum absolute atomic E-state index is 14.1. The molecule has 3 rings (SSSR count). The van der Waals surface area contributed by atoms with E-state index in [4.69, 9.17) is 14.2 Å². The molecule has 0 unspecified atom stereocenters. The molecule has 0 aromatic heterocycles. The second-order valence-electron chi connectivity index (χ2n) is 9.06. The van der Waals surface area contributed by atoms with Crippen molar-refractivity contribution in [3.05, 3.63) is 78.4 Å². The molecule has 2 amide bonds. The molecule has 41 heavy (non-hydrogen) atoms. The number of methoxy groups -OCH3 is 3. The van der Waals surface area contributed by atoms with Gasteiger partial charge in [0.25, 0.3) is 10.0 Å². The zero-order chi connectivity index (χ0) is 30.0. The van der Waals surface area contributed by atoms with Crippen LogP contribution in [-0.2, 0) is 26.2 Å². The second kappa shape index (κ2) is 14.4. The van der Waals surface area contributed by atoms with Crippen LogP contribution < -0.4 is 23.8 Å². The normalized spacial score (nSPS) is 11.7. The highest BCUT2D eigenvalue weighted by Gasteiger charge is 2.34. The van der Waals surface area contributed by atoms with Gasteiger partial charge in [0.2, 0.25) is 11.8 Å². The molecule has 1 atom stereocenters. The Labute approximate surface area is 241 Å². The Morgan fingerprint density at radius 2 is 1.56 bits per heavy atom. The van der Waals surface area contributed by atoms with Gasteiger partial charge >= 0.3 is 0 Å². The summed E-state index contributed by atoms with van der Waals surface area (Å²) in [6.45, 7) is 3.53. The first kappa shape index (κ1) is 31.3. The lowest BCUT2D eigenvalue weighted by molar-refractivity contribution is -0.140. The molecular formula is C30H37N3O7S. The average molecular weight is 584 g/mol. The van der Waals surface area contributed by atoms with E-state index < -0.39 is 28.5 Å². The van der Waals surface area contributed by atoms with Crippen LogP contribution in [0.3, 0.4) is 0 Å². The van der Waals surface area contributed by atoms with Crippen molar-refractivity contribution in [3.63, 3.8) is 0 Å². The number of ether oxygens (including phenoxy) is 3. The van der Waals surface area contributed by atoms with Crippen LogP contribution in [-0.4, -0.2) is 65.6 Å². The largest absolute Gasteiger partial charge is 0.497 e. The van der Waals surface area contributed by atoms with Gasteiger partial charge in [-0.05, 0) is 55.3 Å². The van der Waals surface area contributed by atoms with Crippen LogP contribution in [0.5, 0.6) is 17.2 Å². The van der Waals surface area contributed by atoms with Crippen molar-refractivity contribution < 1.29 is 32.2 Å². The highest BCUT2D eigenvalue weighted by molar-refractivity contribution is 7.92. The number of carbonyl (C=O) groups is 2. The molecule has 0 aliphatic rings. The van der Waals surface area contributed by atoms with Gasteiger partial charge in [-0.1, -0.05) is 37.3 Å². The summed E-state index contributed by atoms with van der Waals surface area (Å²) in [6.07, 6.45) is 0.329. The smallest absolute Gasteiger partial charge is 0.264 e. The van der Waals surface area contributed by atoms with Crippen LogP contribution >= 0.6 is 0 Å². The first-order valence-corrected chi connectivity index (χ1v) is 14.6. The fraction of sp³-hybridized carbons (Fsp3) is 0.333. The van der Waals surface area contributed by atoms with Gasteiger partial charge in [0.05, 0.1) is 31.9 Å². The van der Waals surface area contributed by atoms with E-state index in [1.807, 2.05) is 6.07 Å². The third kappa shape index (κ3) is 7.49. The Kier molecular flexibility index (Phi) is 11.0. The number of hydrogen-bond donors (Lipinski definition) is 1. The highest BCUT2D eigenvalue weighted by Crippen LogP contribution is 2.32. The summed E-state index contributed by atoms with van der Waals surface area (Å²) >= 11 is 0. The Morgan fingerprint density at radius 1 is 0.854 bits per heavy atom. The van der Waals surface area contributed by atoms with Crippen LogP contribution in [0.15, 0.2) is 77.7 Å². The van der Waals surface area contributed by atoms with Gasteiger partial charge in [-0.15, -0.1) is 0 Å². The van der Waals surface area contributed by atoms with Gasteiger partial charge in [0, 0.05) is 19.2 Å². The first-order valence-electron chi connectivity index (χ1n) is 13.2. The van der Waals surface area contributed by atoms with E-state index in [0.29, 0.717) is 30.2 Å². The number of rotatable bonds is 14. The Hall–Kier alpha value is -4.25. The molecule has 3 aromatic rings. The van der Waals surface area contributed by atoms with E-state index in [-0.39, 0.29) is 23.1 Å². The number of hydrogen-bond acceptors (Lipinski definition) is 7. The van der Waals surface area contributed by atoms with Gasteiger partial charge in [0.15, 0.2) is 11.5 Å². The van der Waals surface area contributed by atoms with Crippen molar-refractivity contribution in [3.8, 4) is 17.2 Å². The fourth-order valence-corrected chi connectivity index (χ4v) is 5.84. The quantitative estimate of drug-likeness (QED) is 0.307. The summed E-state index contributed by atoms with van der Waals surface area (Å²) in [5, 5.41) is 2.79. The summed E-state index contributed by atoms with van der Waals surface area (Å²) in [6, 6.07) is 18.9. The predicted molar refractivity (Wildman–Crippen MR) is 157 cm³/mol. The summed E-state index contributed by atoms with van der Waals surface area (Å²) in [7, 11) is 0.154. The number of amides is 2. The molecule has 0 fully saturated rings. The second-order valence-corrected chi connectivity index (χ2v) is 10.9. The molecule has 220 valence electrons. The summed E-state index contributed by atoms with van der Waals surface area (Å²) in [5.41, 5.74) is 1.03. The standard InChI is InChI=1S/C30H37N3O7S/c1-6-26(30(35)31-7-2)32(20-22-12-11-15-24(18-22)38-3)29(34)21-33(23-13-9-8-10-14-23)41(36,37)25-16-17-27(39-4)28(19-25)40-5/h8-19,26H,6-7,20-21H2,1-5H3,(H,31,35)/t26-/m1/s1. The first-order chi connectivity index (χ1) is 19.7. The van der Waals surface area contributed by atoms with Crippen LogP contribution in [0.2, 0.25) is 0 Å². The van der Waals surface area contributed by atoms with Gasteiger partial charge in [0.1, 0.15) is 18.3 Å². The molecule has 0 aliphatic heterocycles. The number of anilines is 1. The molecule has 1 N–H and O–H groups in total. The number of likely N-dealkylation sites (N-methyl/N-ethyl adjacent to an activating group) is 1. The van der Waals surface area contributed by atoms with Crippen LogP contribution in [0, 0.1) is 0 Å². The SMILES string of the molecule is CCNC(=O)[C@@H](CC)N(Cc1cccc(OC)c1)C(=O)CN(c1ccccc1)S(=O)(=O)c1ccc(OC)c(OC)c1. The van der Waals surface area contributed by atoms with E-state index in [2.05, 4.69) is 5.32 Å². The van der Waals surface area contributed by atoms with Crippen molar-refractivity contribution >= 4 is 27.5 Å². The maximum Gasteiger partial charge on any atom is 0.264 e. The van der Waals surface area contributed by atoms with Gasteiger partial charge < -0.3 is 24.4 Å². The van der Waals surface area contributed by atoms with E-state index in [0.717, 1.165) is 9.87 Å². The summed E-state index contributed by atoms with van der Waals surface area (Å²) in [5.74, 6) is 0.336. The third-order valence-corrected chi connectivity index (χ3v) is 8.26. The van der Waals surface area contributed by atoms with Crippen molar-refractivity contribution in [2.75, 3.05) is 38.7 Å². The van der Waals surface area contributed by atoms with Crippen molar-refractivity contribution in [2.45, 2.75) is 37.8 Å². The predicted octanol–water partition coefficient (Wildman–Crippen LogP) is 3.85. The minimum absolute atomic E-state index is 0.0741. The van der Waals surface area contributed by atoms with E-state index in [9.17, 15) is 18.0 Å². The van der Waals surface area contributed by atoms with Gasteiger partial charge in [-0.25, -0.2) is 8.42 Å². The Bertz CT molecular complexity index is 1430. The third-order valence-electron chi connectivity index (χ3n) is 6.49. The highest BCUT2D eigenvalue weighted by atomic mass is 32.2. The van der Waals surface area contributed by atoms with E-state index in [1.54, 1.807) is 69.5 Å². The lowest BCUT2D eigenvalue weighted by Crippen LogP contribution is -2.52. The Balaban J connectivity index is 2.07. The van der Waals surface area contributed by atoms with E-state index in [1.165, 1.54) is 37.3 Å². The monoisotopic (exact) mass is 583 g/mol. The molecule has 10 nitrogen and oxygen atoms in total. The minimum Gasteiger partial charge on any atom is -0.497 e. The lowest BCUT2D eigenvalue weighted by atomic mass is 10.1. The van der Waals surface area contributed by atoms with Crippen molar-refractivity contribution in [2.24, 2.45) is 0 Å². The summed E-state index contributed by atoms with van der Waals surface area (Å²) < 4.78 is 45.0. The maximum atomic E-state index is 14.1. The molecule has 0 radical (unpaired) electrons. The van der Waals surface area contributed by atoms with Gasteiger partial charge in [-0.2, -0.15) is 0 Å². The molecule has 11 heteroatoms. The average Bonchev–Trinajstić information content (AvgIpc) is 2.99.